The number of carbonyl (C=O) groups is 1. The van der Waals surface area contributed by atoms with Crippen LogP contribution in [0.15, 0.2) is 53.4 Å². The topological polar surface area (TPSA) is 105 Å². The van der Waals surface area contributed by atoms with Crippen LogP contribution in [0.5, 0.6) is 0 Å². The molecule has 35 heavy (non-hydrogen) atoms. The SMILES string of the molecule is O=C(C[C@@H]1CC[C@H]2[C@@H](COC[C@H](O)CN2S(=O)(=O)c2ccccc2F)O1)NCc1ccccc1Cl. The first-order valence-corrected chi connectivity index (χ1v) is 13.2. The van der Waals surface area contributed by atoms with Gasteiger partial charge in [-0.3, -0.25) is 4.79 Å². The molecule has 2 fully saturated rings. The molecule has 8 nitrogen and oxygen atoms in total. The van der Waals surface area contributed by atoms with Gasteiger partial charge in [0.2, 0.25) is 15.9 Å². The highest BCUT2D eigenvalue weighted by atomic mass is 35.5. The fourth-order valence-corrected chi connectivity index (χ4v) is 6.45. The number of β-amino-alcohol motifs (C(OH)–C–C–N with tert-alkyl or cyclic N) is 1. The van der Waals surface area contributed by atoms with Gasteiger partial charge in [-0.15, -0.1) is 0 Å². The summed E-state index contributed by atoms with van der Waals surface area (Å²) in [4.78, 5) is 12.1. The van der Waals surface area contributed by atoms with Crippen molar-refractivity contribution in [2.75, 3.05) is 19.8 Å². The number of benzene rings is 2. The van der Waals surface area contributed by atoms with Crippen molar-refractivity contribution in [2.45, 2.75) is 55.1 Å². The number of carbonyl (C=O) groups excluding carboxylic acids is 1. The standard InChI is InChI=1S/C24H28ClFN2O6S/c25-19-6-2-1-5-16(19)12-27-24(30)11-18-9-10-21-22(34-18)15-33-14-17(29)13-28(21)35(31,32)23-8-4-3-7-20(23)26/h1-8,17-18,21-22,29H,9-15H2,(H,27,30)/t17-,18+,21+,22-/m1/s1. The number of nitrogens with one attached hydrogen (secondary N) is 1. The normalized spacial score (nSPS) is 25.8. The van der Waals surface area contributed by atoms with Gasteiger partial charge in [0, 0.05) is 18.1 Å². The number of aliphatic hydroxyl groups excluding tert-OH is 1. The van der Waals surface area contributed by atoms with Crippen LogP contribution in [-0.4, -0.2) is 67.8 Å². The monoisotopic (exact) mass is 526 g/mol. The third kappa shape index (κ3) is 6.19. The van der Waals surface area contributed by atoms with Crippen LogP contribution in [0, 0.1) is 5.82 Å². The largest absolute Gasteiger partial charge is 0.389 e. The summed E-state index contributed by atoms with van der Waals surface area (Å²) in [7, 11) is -4.25. The van der Waals surface area contributed by atoms with Crippen molar-refractivity contribution in [3.05, 3.63) is 64.9 Å². The van der Waals surface area contributed by atoms with Crippen LogP contribution < -0.4 is 5.32 Å². The number of nitrogens with zero attached hydrogens (tertiary/aromatic N) is 1. The molecule has 2 aromatic rings. The minimum Gasteiger partial charge on any atom is -0.389 e. The maximum Gasteiger partial charge on any atom is 0.246 e. The Morgan fingerprint density at radius 1 is 1.14 bits per heavy atom. The molecule has 1 amide bonds. The zero-order valence-corrected chi connectivity index (χ0v) is 20.6. The van der Waals surface area contributed by atoms with E-state index in [1.807, 2.05) is 18.2 Å². The van der Waals surface area contributed by atoms with E-state index < -0.39 is 45.1 Å². The molecule has 0 radical (unpaired) electrons. The molecular formula is C24H28ClFN2O6S. The average molecular weight is 527 g/mol. The van der Waals surface area contributed by atoms with Gasteiger partial charge in [-0.05, 0) is 36.6 Å². The maximum atomic E-state index is 14.4. The number of ether oxygens (including phenoxy) is 2. The molecule has 2 aliphatic rings. The molecule has 4 atom stereocenters. The number of aliphatic hydroxyl groups is 1. The Morgan fingerprint density at radius 2 is 1.89 bits per heavy atom. The average Bonchev–Trinajstić information content (AvgIpc) is 2.81. The number of rotatable bonds is 6. The van der Waals surface area contributed by atoms with Crippen molar-refractivity contribution in [2.24, 2.45) is 0 Å². The fraction of sp³-hybridized carbons (Fsp3) is 0.458. The molecule has 0 bridgehead atoms. The van der Waals surface area contributed by atoms with E-state index in [1.54, 1.807) is 6.07 Å². The number of halogens is 2. The number of hydrogen-bond donors (Lipinski definition) is 2. The summed E-state index contributed by atoms with van der Waals surface area (Å²) < 4.78 is 53.9. The Labute approximate surface area is 209 Å². The first-order valence-electron chi connectivity index (χ1n) is 11.4. The molecule has 4 rings (SSSR count). The van der Waals surface area contributed by atoms with E-state index in [4.69, 9.17) is 21.1 Å². The van der Waals surface area contributed by atoms with Crippen molar-refractivity contribution >= 4 is 27.5 Å². The van der Waals surface area contributed by atoms with Gasteiger partial charge in [-0.25, -0.2) is 12.8 Å². The van der Waals surface area contributed by atoms with Crippen LogP contribution in [0.2, 0.25) is 5.02 Å². The molecule has 2 heterocycles. The third-order valence-electron chi connectivity index (χ3n) is 6.20. The van der Waals surface area contributed by atoms with Gasteiger partial charge in [0.1, 0.15) is 10.7 Å². The van der Waals surface area contributed by atoms with E-state index in [0.717, 1.165) is 15.9 Å². The second-order valence-electron chi connectivity index (χ2n) is 8.71. The lowest BCUT2D eigenvalue weighted by molar-refractivity contribution is -0.146. The third-order valence-corrected chi connectivity index (χ3v) is 8.50. The minimum atomic E-state index is -4.25. The van der Waals surface area contributed by atoms with Crippen molar-refractivity contribution in [1.29, 1.82) is 0 Å². The summed E-state index contributed by atoms with van der Waals surface area (Å²) in [5.41, 5.74) is 0.799. The molecule has 2 aromatic carbocycles. The Morgan fingerprint density at radius 3 is 2.66 bits per heavy atom. The van der Waals surface area contributed by atoms with Crippen LogP contribution in [0.25, 0.3) is 0 Å². The Hall–Kier alpha value is -2.08. The summed E-state index contributed by atoms with van der Waals surface area (Å²) in [6.07, 6.45) is -1.29. The summed E-state index contributed by atoms with van der Waals surface area (Å²) >= 11 is 6.13. The van der Waals surface area contributed by atoms with E-state index >= 15 is 0 Å². The van der Waals surface area contributed by atoms with Crippen molar-refractivity contribution in [1.82, 2.24) is 9.62 Å². The Kier molecular flexibility index (Phi) is 8.41. The second-order valence-corrected chi connectivity index (χ2v) is 11.0. The highest BCUT2D eigenvalue weighted by Gasteiger charge is 2.43. The zero-order valence-electron chi connectivity index (χ0n) is 19.0. The van der Waals surface area contributed by atoms with E-state index in [2.05, 4.69) is 5.32 Å². The number of fused-ring (bicyclic) bond motifs is 1. The lowest BCUT2D eigenvalue weighted by Gasteiger charge is -2.43. The first-order chi connectivity index (χ1) is 16.8. The van der Waals surface area contributed by atoms with Gasteiger partial charge in [-0.1, -0.05) is 41.9 Å². The Balaban J connectivity index is 1.44. The van der Waals surface area contributed by atoms with Gasteiger partial charge in [-0.2, -0.15) is 4.31 Å². The lowest BCUT2D eigenvalue weighted by Crippen LogP contribution is -2.57. The summed E-state index contributed by atoms with van der Waals surface area (Å²) in [5.74, 6) is -1.08. The molecule has 0 spiro atoms. The fourth-order valence-electron chi connectivity index (χ4n) is 4.47. The first kappa shape index (κ1) is 26.0. The molecule has 11 heteroatoms. The van der Waals surface area contributed by atoms with Gasteiger partial charge in [0.15, 0.2) is 0 Å². The maximum absolute atomic E-state index is 14.4. The van der Waals surface area contributed by atoms with E-state index in [1.165, 1.54) is 18.2 Å². The smallest absolute Gasteiger partial charge is 0.246 e. The number of amides is 1. The zero-order chi connectivity index (χ0) is 25.0. The molecule has 190 valence electrons. The van der Waals surface area contributed by atoms with Gasteiger partial charge >= 0.3 is 0 Å². The molecular weight excluding hydrogens is 499 g/mol. The van der Waals surface area contributed by atoms with Crippen LogP contribution in [0.1, 0.15) is 24.8 Å². The lowest BCUT2D eigenvalue weighted by atomic mass is 9.96. The molecule has 0 saturated carbocycles. The van der Waals surface area contributed by atoms with E-state index in [0.29, 0.717) is 17.9 Å². The van der Waals surface area contributed by atoms with Crippen molar-refractivity contribution < 1.29 is 32.2 Å². The molecule has 2 saturated heterocycles. The van der Waals surface area contributed by atoms with Crippen molar-refractivity contribution in [3.8, 4) is 0 Å². The number of sulfonamides is 1. The predicted octanol–water partition coefficient (Wildman–Crippen LogP) is 2.48. The van der Waals surface area contributed by atoms with E-state index in [9.17, 15) is 22.7 Å². The summed E-state index contributed by atoms with van der Waals surface area (Å²) in [6, 6.07) is 11.7. The Bertz CT molecular complexity index is 1150. The molecule has 2 aliphatic heterocycles. The summed E-state index contributed by atoms with van der Waals surface area (Å²) in [5, 5.41) is 13.7. The second kappa shape index (κ2) is 11.3. The minimum absolute atomic E-state index is 0.0444. The number of hydrogen-bond acceptors (Lipinski definition) is 6. The summed E-state index contributed by atoms with van der Waals surface area (Å²) in [6.45, 7) is -0.00125. The molecule has 0 unspecified atom stereocenters. The van der Waals surface area contributed by atoms with Gasteiger partial charge < -0.3 is 19.9 Å². The van der Waals surface area contributed by atoms with Crippen LogP contribution in [0.3, 0.4) is 0 Å². The van der Waals surface area contributed by atoms with Crippen LogP contribution in [-0.2, 0) is 30.8 Å². The predicted molar refractivity (Wildman–Crippen MR) is 127 cm³/mol. The van der Waals surface area contributed by atoms with Gasteiger partial charge in [0.25, 0.3) is 0 Å². The molecule has 2 N–H and O–H groups in total. The van der Waals surface area contributed by atoms with Crippen LogP contribution >= 0.6 is 11.6 Å². The highest BCUT2D eigenvalue weighted by molar-refractivity contribution is 7.89. The molecule has 0 aliphatic carbocycles. The molecule has 0 aromatic heterocycles. The van der Waals surface area contributed by atoms with E-state index in [-0.39, 0.29) is 38.6 Å². The highest BCUT2D eigenvalue weighted by Crippen LogP contribution is 2.32. The van der Waals surface area contributed by atoms with Crippen molar-refractivity contribution in [3.63, 3.8) is 0 Å². The quantitative estimate of drug-likeness (QED) is 0.599. The van der Waals surface area contributed by atoms with Crippen LogP contribution in [0.4, 0.5) is 4.39 Å². The van der Waals surface area contributed by atoms with Gasteiger partial charge in [0.05, 0.1) is 44.0 Å².